The maximum absolute atomic E-state index is 10.9. The molecule has 1 saturated carbocycles. The Balaban J connectivity index is 2.12. The van der Waals surface area contributed by atoms with Crippen LogP contribution in [0.15, 0.2) is 0 Å². The number of halogens is 1. The topological polar surface area (TPSA) is 49.4 Å². The molecule has 0 saturated heterocycles. The van der Waals surface area contributed by atoms with Crippen LogP contribution in [0.4, 0.5) is 0 Å². The molecule has 0 unspecified atom stereocenters. The molecule has 0 amide bonds. The molecule has 1 aliphatic rings. The summed E-state index contributed by atoms with van der Waals surface area (Å²) in [7, 11) is -1.23. The van der Waals surface area contributed by atoms with Crippen molar-refractivity contribution in [2.24, 2.45) is 0 Å². The van der Waals surface area contributed by atoms with Crippen molar-refractivity contribution in [2.45, 2.75) is 18.9 Å². The summed E-state index contributed by atoms with van der Waals surface area (Å²) in [4.78, 5) is 2.16. The van der Waals surface area contributed by atoms with E-state index in [4.69, 9.17) is 11.6 Å². The van der Waals surface area contributed by atoms with Crippen LogP contribution >= 0.6 is 11.6 Å². The molecule has 1 N–H and O–H groups in total. The van der Waals surface area contributed by atoms with Gasteiger partial charge in [-0.25, -0.2) is 13.1 Å². The molecule has 0 spiro atoms. The van der Waals surface area contributed by atoms with Gasteiger partial charge in [-0.2, -0.15) is 0 Å². The van der Waals surface area contributed by atoms with E-state index in [-0.39, 0.29) is 5.21 Å². The maximum Gasteiger partial charge on any atom is 0.225 e. The van der Waals surface area contributed by atoms with Gasteiger partial charge < -0.3 is 4.90 Å². The number of nitrogens with one attached hydrogen (secondary N) is 1. The van der Waals surface area contributed by atoms with Crippen molar-refractivity contribution in [2.75, 3.05) is 25.3 Å². The van der Waals surface area contributed by atoms with Crippen LogP contribution in [0, 0.1) is 0 Å². The zero-order valence-electron chi connectivity index (χ0n) is 7.66. The molecule has 0 aliphatic heterocycles. The highest BCUT2D eigenvalue weighted by molar-refractivity contribution is 7.90. The molecular weight excluding hydrogens is 212 g/mol. The fraction of sp³-hybridized carbons (Fsp3) is 1.00. The normalized spacial score (nSPS) is 18.1. The van der Waals surface area contributed by atoms with Crippen LogP contribution in [0.5, 0.6) is 0 Å². The van der Waals surface area contributed by atoms with Gasteiger partial charge in [0.1, 0.15) is 5.21 Å². The number of sulfonamides is 1. The zero-order chi connectivity index (χ0) is 9.90. The van der Waals surface area contributed by atoms with Gasteiger partial charge in [0, 0.05) is 19.1 Å². The molecule has 6 heteroatoms. The highest BCUT2D eigenvalue weighted by atomic mass is 35.5. The zero-order valence-corrected chi connectivity index (χ0v) is 9.24. The molecule has 78 valence electrons. The molecule has 0 atom stereocenters. The van der Waals surface area contributed by atoms with E-state index >= 15 is 0 Å². The molecular formula is C7H15ClN2O2S. The van der Waals surface area contributed by atoms with Crippen LogP contribution in [0.1, 0.15) is 12.8 Å². The van der Waals surface area contributed by atoms with Gasteiger partial charge in [-0.3, -0.25) is 0 Å². The molecule has 0 radical (unpaired) electrons. The van der Waals surface area contributed by atoms with Crippen molar-refractivity contribution < 1.29 is 8.42 Å². The summed E-state index contributed by atoms with van der Waals surface area (Å²) in [5.41, 5.74) is 0. The quantitative estimate of drug-likeness (QED) is 0.659. The molecule has 1 aliphatic carbocycles. The third-order valence-electron chi connectivity index (χ3n) is 2.10. The summed E-state index contributed by atoms with van der Waals surface area (Å²) in [6.07, 6.45) is 2.47. The lowest BCUT2D eigenvalue weighted by molar-refractivity contribution is 0.329. The van der Waals surface area contributed by atoms with E-state index in [1.54, 1.807) is 0 Å². The smallest absolute Gasteiger partial charge is 0.225 e. The van der Waals surface area contributed by atoms with Crippen molar-refractivity contribution in [3.63, 3.8) is 0 Å². The van der Waals surface area contributed by atoms with E-state index in [1.807, 2.05) is 7.05 Å². The lowest BCUT2D eigenvalue weighted by Gasteiger charge is -2.15. The standard InChI is InChI=1S/C7H15ClN2O2S/c1-10(7-2-3-7)5-4-9-13(11,12)6-8/h7,9H,2-6H2,1H3. The number of alkyl halides is 1. The lowest BCUT2D eigenvalue weighted by Crippen LogP contribution is -2.34. The molecule has 0 aromatic carbocycles. The summed E-state index contributed by atoms with van der Waals surface area (Å²) in [5.74, 6) is 0. The van der Waals surface area contributed by atoms with Gasteiger partial charge in [-0.05, 0) is 19.9 Å². The predicted octanol–water partition coefficient (Wildman–Crippen LogP) is 0.196. The lowest BCUT2D eigenvalue weighted by atomic mass is 10.5. The van der Waals surface area contributed by atoms with Crippen LogP contribution in [0.2, 0.25) is 0 Å². The summed E-state index contributed by atoms with van der Waals surface area (Å²) in [5, 5.41) is -0.361. The number of likely N-dealkylation sites (N-methyl/N-ethyl adjacent to an activating group) is 1. The summed E-state index contributed by atoms with van der Waals surface area (Å²) < 4.78 is 24.2. The fourth-order valence-corrected chi connectivity index (χ4v) is 1.82. The van der Waals surface area contributed by atoms with Gasteiger partial charge in [-0.15, -0.1) is 11.6 Å². The fourth-order valence-electron chi connectivity index (χ4n) is 1.11. The molecule has 1 rings (SSSR count). The Morgan fingerprint density at radius 3 is 2.62 bits per heavy atom. The van der Waals surface area contributed by atoms with Gasteiger partial charge in [0.05, 0.1) is 0 Å². The molecule has 0 aromatic heterocycles. The average molecular weight is 227 g/mol. The Morgan fingerprint density at radius 2 is 2.15 bits per heavy atom. The molecule has 0 heterocycles. The van der Waals surface area contributed by atoms with Crippen LogP contribution in [-0.2, 0) is 10.0 Å². The summed E-state index contributed by atoms with van der Waals surface area (Å²) in [6.45, 7) is 1.20. The number of nitrogens with zero attached hydrogens (tertiary/aromatic N) is 1. The highest BCUT2D eigenvalue weighted by Gasteiger charge is 2.25. The molecule has 1 fully saturated rings. The Kier molecular flexibility index (Phi) is 3.97. The molecule has 13 heavy (non-hydrogen) atoms. The number of hydrogen-bond donors (Lipinski definition) is 1. The van der Waals surface area contributed by atoms with Gasteiger partial charge >= 0.3 is 0 Å². The first-order valence-electron chi connectivity index (χ1n) is 4.29. The summed E-state index contributed by atoms with van der Waals surface area (Å²) >= 11 is 5.22. The Labute approximate surface area is 84.3 Å². The van der Waals surface area contributed by atoms with Crippen LogP contribution < -0.4 is 4.72 Å². The van der Waals surface area contributed by atoms with Gasteiger partial charge in [-0.1, -0.05) is 0 Å². The van der Waals surface area contributed by atoms with Crippen molar-refractivity contribution in [3.05, 3.63) is 0 Å². The summed E-state index contributed by atoms with van der Waals surface area (Å²) in [6, 6.07) is 0.667. The molecule has 0 bridgehead atoms. The Bertz CT molecular complexity index is 251. The van der Waals surface area contributed by atoms with Crippen molar-refractivity contribution in [1.29, 1.82) is 0 Å². The van der Waals surface area contributed by atoms with E-state index < -0.39 is 10.0 Å². The first-order chi connectivity index (χ1) is 6.05. The van der Waals surface area contributed by atoms with Crippen molar-refractivity contribution >= 4 is 21.6 Å². The first-order valence-corrected chi connectivity index (χ1v) is 6.47. The average Bonchev–Trinajstić information content (AvgIpc) is 2.86. The minimum Gasteiger partial charge on any atom is -0.302 e. The number of rotatable bonds is 6. The van der Waals surface area contributed by atoms with Gasteiger partial charge in [0.2, 0.25) is 10.0 Å². The second kappa shape index (κ2) is 4.59. The second-order valence-electron chi connectivity index (χ2n) is 3.33. The minimum absolute atomic E-state index is 0.361. The minimum atomic E-state index is -3.23. The van der Waals surface area contributed by atoms with Gasteiger partial charge in [0.15, 0.2) is 0 Å². The van der Waals surface area contributed by atoms with E-state index in [1.165, 1.54) is 12.8 Å². The second-order valence-corrected chi connectivity index (χ2v) is 5.72. The van der Waals surface area contributed by atoms with Crippen LogP contribution in [0.3, 0.4) is 0 Å². The van der Waals surface area contributed by atoms with E-state index in [0.29, 0.717) is 12.6 Å². The molecule has 0 aromatic rings. The van der Waals surface area contributed by atoms with E-state index in [2.05, 4.69) is 9.62 Å². The van der Waals surface area contributed by atoms with Crippen LogP contribution in [0.25, 0.3) is 0 Å². The van der Waals surface area contributed by atoms with E-state index in [0.717, 1.165) is 6.54 Å². The largest absolute Gasteiger partial charge is 0.302 e. The Hall–Kier alpha value is 0.160. The monoisotopic (exact) mass is 226 g/mol. The predicted molar refractivity (Wildman–Crippen MR) is 53.3 cm³/mol. The van der Waals surface area contributed by atoms with Crippen molar-refractivity contribution in [3.8, 4) is 0 Å². The molecule has 4 nitrogen and oxygen atoms in total. The van der Waals surface area contributed by atoms with Crippen LogP contribution in [-0.4, -0.2) is 44.7 Å². The van der Waals surface area contributed by atoms with Crippen molar-refractivity contribution in [1.82, 2.24) is 9.62 Å². The number of hydrogen-bond acceptors (Lipinski definition) is 3. The maximum atomic E-state index is 10.9. The SMILES string of the molecule is CN(CCNS(=O)(=O)CCl)C1CC1. The van der Waals surface area contributed by atoms with Gasteiger partial charge in [0.25, 0.3) is 0 Å². The van der Waals surface area contributed by atoms with E-state index in [9.17, 15) is 8.42 Å². The highest BCUT2D eigenvalue weighted by Crippen LogP contribution is 2.24. The Morgan fingerprint density at radius 1 is 1.54 bits per heavy atom. The first kappa shape index (κ1) is 11.2. The third kappa shape index (κ3) is 4.26. The third-order valence-corrected chi connectivity index (χ3v) is 3.89.